The Kier molecular flexibility index (Phi) is 7.04. The van der Waals surface area contributed by atoms with Crippen LogP contribution >= 0.6 is 15.9 Å². The molecule has 27 heavy (non-hydrogen) atoms. The maximum atomic E-state index is 5.66. The molecule has 0 atom stereocenters. The van der Waals surface area contributed by atoms with Crippen LogP contribution in [-0.2, 0) is 16.2 Å². The Morgan fingerprint density at radius 3 is 2.41 bits per heavy atom. The smallest absolute Gasteiger partial charge is 0.189 e. The Bertz CT molecular complexity index is 865. The van der Waals surface area contributed by atoms with Gasteiger partial charge in [0, 0.05) is 24.3 Å². The zero-order valence-corrected chi connectivity index (χ0v) is 17.1. The van der Waals surface area contributed by atoms with Crippen molar-refractivity contribution in [2.45, 2.75) is 20.6 Å². The Morgan fingerprint density at radius 2 is 1.67 bits per heavy atom. The highest BCUT2D eigenvalue weighted by molar-refractivity contribution is 9.10. The van der Waals surface area contributed by atoms with E-state index in [2.05, 4.69) is 15.9 Å². The maximum Gasteiger partial charge on any atom is 0.189 e. The maximum absolute atomic E-state index is 5.66. The Balaban J connectivity index is 2.00. The number of aromatic nitrogens is 2. The minimum atomic E-state index is 0.228. The van der Waals surface area contributed by atoms with Crippen molar-refractivity contribution in [3.8, 4) is 28.4 Å². The van der Waals surface area contributed by atoms with E-state index < -0.39 is 0 Å². The fourth-order valence-corrected chi connectivity index (χ4v) is 3.24. The molecule has 5 nitrogen and oxygen atoms in total. The van der Waals surface area contributed by atoms with Crippen LogP contribution in [0.2, 0.25) is 0 Å². The van der Waals surface area contributed by atoms with Crippen LogP contribution in [0.4, 0.5) is 0 Å². The van der Waals surface area contributed by atoms with Gasteiger partial charge in [-0.2, -0.15) is 0 Å². The number of hydrogen-bond acceptors (Lipinski definition) is 4. The van der Waals surface area contributed by atoms with Crippen molar-refractivity contribution in [2.24, 2.45) is 0 Å². The van der Waals surface area contributed by atoms with Crippen molar-refractivity contribution in [3.63, 3.8) is 0 Å². The third kappa shape index (κ3) is 4.77. The van der Waals surface area contributed by atoms with Gasteiger partial charge in [-0.15, -0.1) is 0 Å². The lowest BCUT2D eigenvalue weighted by Crippen LogP contribution is -2.05. The highest BCUT2D eigenvalue weighted by atomic mass is 79.9. The van der Waals surface area contributed by atoms with Gasteiger partial charge in [-0.3, -0.25) is 4.57 Å². The van der Waals surface area contributed by atoms with E-state index >= 15 is 0 Å². The van der Waals surface area contributed by atoms with Gasteiger partial charge in [0.05, 0.1) is 0 Å². The van der Waals surface area contributed by atoms with E-state index in [1.165, 1.54) is 0 Å². The summed E-state index contributed by atoms with van der Waals surface area (Å²) in [5, 5.41) is 0. The molecule has 0 aliphatic heterocycles. The lowest BCUT2D eigenvalue weighted by Gasteiger charge is -2.11. The van der Waals surface area contributed by atoms with Gasteiger partial charge in [0.15, 0.2) is 6.79 Å². The summed E-state index contributed by atoms with van der Waals surface area (Å²) >= 11 is 3.71. The molecule has 3 rings (SSSR count). The predicted octanol–water partition coefficient (Wildman–Crippen LogP) is 5.35. The van der Waals surface area contributed by atoms with E-state index in [4.69, 9.17) is 19.2 Å². The van der Waals surface area contributed by atoms with Gasteiger partial charge >= 0.3 is 0 Å². The Labute approximate surface area is 168 Å². The SMILES string of the molecule is CCOCOc1cccc(-c2nc(-c3ccccc3)c(Br)n2COCC)c1. The number of halogens is 1. The van der Waals surface area contributed by atoms with Crippen LogP contribution in [0, 0.1) is 0 Å². The molecule has 0 N–H and O–H groups in total. The summed E-state index contributed by atoms with van der Waals surface area (Å²) in [7, 11) is 0. The van der Waals surface area contributed by atoms with Crippen LogP contribution in [0.1, 0.15) is 13.8 Å². The number of hydrogen-bond donors (Lipinski definition) is 0. The molecule has 0 amide bonds. The van der Waals surface area contributed by atoms with E-state index in [1.54, 1.807) is 0 Å². The molecule has 0 radical (unpaired) electrons. The van der Waals surface area contributed by atoms with E-state index in [-0.39, 0.29) is 6.79 Å². The summed E-state index contributed by atoms with van der Waals surface area (Å²) in [6, 6.07) is 17.9. The van der Waals surface area contributed by atoms with E-state index in [0.29, 0.717) is 19.9 Å². The monoisotopic (exact) mass is 430 g/mol. The van der Waals surface area contributed by atoms with Crippen molar-refractivity contribution in [2.75, 3.05) is 20.0 Å². The minimum absolute atomic E-state index is 0.228. The number of imidazole rings is 1. The third-order valence-electron chi connectivity index (χ3n) is 3.98. The normalized spacial score (nSPS) is 10.9. The second kappa shape index (κ2) is 9.69. The van der Waals surface area contributed by atoms with Crippen LogP contribution in [0.25, 0.3) is 22.6 Å². The van der Waals surface area contributed by atoms with Gasteiger partial charge in [0.1, 0.15) is 28.6 Å². The van der Waals surface area contributed by atoms with Gasteiger partial charge in [0.2, 0.25) is 0 Å². The third-order valence-corrected chi connectivity index (χ3v) is 4.79. The Morgan fingerprint density at radius 1 is 0.926 bits per heavy atom. The Hall–Kier alpha value is -2.15. The summed E-state index contributed by atoms with van der Waals surface area (Å²) in [5.41, 5.74) is 2.88. The summed E-state index contributed by atoms with van der Waals surface area (Å²) in [6.45, 7) is 5.80. The van der Waals surface area contributed by atoms with Crippen molar-refractivity contribution in [3.05, 3.63) is 59.2 Å². The molecule has 0 unspecified atom stereocenters. The van der Waals surface area contributed by atoms with Crippen LogP contribution in [0.3, 0.4) is 0 Å². The van der Waals surface area contributed by atoms with Crippen molar-refractivity contribution < 1.29 is 14.2 Å². The van der Waals surface area contributed by atoms with E-state index in [1.807, 2.05) is 73.0 Å². The molecule has 0 spiro atoms. The molecule has 0 fully saturated rings. The highest BCUT2D eigenvalue weighted by Crippen LogP contribution is 2.34. The molecule has 3 aromatic rings. The van der Waals surface area contributed by atoms with Gasteiger partial charge in [0.25, 0.3) is 0 Å². The fourth-order valence-electron chi connectivity index (χ4n) is 2.65. The van der Waals surface area contributed by atoms with Crippen LogP contribution in [0.15, 0.2) is 59.2 Å². The molecular weight excluding hydrogens is 408 g/mol. The first-order chi connectivity index (χ1) is 13.2. The average molecular weight is 431 g/mol. The average Bonchev–Trinajstić information content (AvgIpc) is 3.04. The molecule has 6 heteroatoms. The molecule has 2 aromatic carbocycles. The second-order valence-corrected chi connectivity index (χ2v) is 6.52. The fraction of sp³-hybridized carbons (Fsp3) is 0.286. The molecule has 0 saturated carbocycles. The quantitative estimate of drug-likeness (QED) is 0.339. The summed E-state index contributed by atoms with van der Waals surface area (Å²) in [4.78, 5) is 4.89. The largest absolute Gasteiger partial charge is 0.468 e. The van der Waals surface area contributed by atoms with Gasteiger partial charge < -0.3 is 14.2 Å². The van der Waals surface area contributed by atoms with Crippen molar-refractivity contribution in [1.82, 2.24) is 9.55 Å². The summed E-state index contributed by atoms with van der Waals surface area (Å²) < 4.78 is 19.5. The summed E-state index contributed by atoms with van der Waals surface area (Å²) in [6.07, 6.45) is 0. The van der Waals surface area contributed by atoms with Crippen LogP contribution in [-0.4, -0.2) is 29.6 Å². The first-order valence-electron chi connectivity index (χ1n) is 8.94. The predicted molar refractivity (Wildman–Crippen MR) is 110 cm³/mol. The highest BCUT2D eigenvalue weighted by Gasteiger charge is 2.18. The standard InChI is InChI=1S/C21H23BrN2O3/c1-3-25-14-24-20(22)19(16-9-6-5-7-10-16)23-21(24)17-11-8-12-18(13-17)27-15-26-4-2/h5-13H,3-4,14-15H2,1-2H3. The number of rotatable bonds is 9. The number of nitrogens with zero attached hydrogens (tertiary/aromatic N) is 2. The molecule has 1 heterocycles. The van der Waals surface area contributed by atoms with E-state index in [0.717, 1.165) is 33.0 Å². The number of benzene rings is 2. The number of ether oxygens (including phenoxy) is 3. The zero-order valence-electron chi connectivity index (χ0n) is 15.5. The molecule has 1 aromatic heterocycles. The minimum Gasteiger partial charge on any atom is -0.468 e. The lowest BCUT2D eigenvalue weighted by atomic mass is 10.2. The lowest BCUT2D eigenvalue weighted by molar-refractivity contribution is 0.0224. The molecule has 0 aliphatic carbocycles. The first-order valence-corrected chi connectivity index (χ1v) is 9.74. The van der Waals surface area contributed by atoms with E-state index in [9.17, 15) is 0 Å². The molecule has 0 aliphatic rings. The molecule has 0 bridgehead atoms. The van der Waals surface area contributed by atoms with Gasteiger partial charge in [-0.25, -0.2) is 4.98 Å². The summed E-state index contributed by atoms with van der Waals surface area (Å²) in [5.74, 6) is 1.56. The van der Waals surface area contributed by atoms with Gasteiger partial charge in [-0.05, 0) is 41.9 Å². The first kappa shape index (κ1) is 19.6. The molecule has 142 valence electrons. The van der Waals surface area contributed by atoms with Crippen molar-refractivity contribution >= 4 is 15.9 Å². The van der Waals surface area contributed by atoms with Gasteiger partial charge in [-0.1, -0.05) is 42.5 Å². The molecular formula is C21H23BrN2O3. The zero-order chi connectivity index (χ0) is 19.1. The topological polar surface area (TPSA) is 45.5 Å². The van der Waals surface area contributed by atoms with Crippen LogP contribution < -0.4 is 4.74 Å². The molecule has 0 saturated heterocycles. The van der Waals surface area contributed by atoms with Crippen molar-refractivity contribution in [1.29, 1.82) is 0 Å². The van der Waals surface area contributed by atoms with Crippen LogP contribution in [0.5, 0.6) is 5.75 Å². The second-order valence-electron chi connectivity index (χ2n) is 5.77.